The van der Waals surface area contributed by atoms with Gasteiger partial charge in [0.1, 0.15) is 0 Å². The maximum atomic E-state index is 4.81. The molecule has 0 aliphatic heterocycles. The van der Waals surface area contributed by atoms with Gasteiger partial charge in [-0.2, -0.15) is 0 Å². The average Bonchev–Trinajstić information content (AvgIpc) is 3.03. The molecule has 1 heterocycles. The molecule has 2 nitrogen and oxygen atoms in total. The Morgan fingerprint density at radius 3 is 1.96 bits per heavy atom. The van der Waals surface area contributed by atoms with Gasteiger partial charge in [0.05, 0.1) is 16.3 Å². The van der Waals surface area contributed by atoms with Crippen molar-refractivity contribution in [2.45, 2.75) is 24.3 Å². The first-order valence-electron chi connectivity index (χ1n) is 8.44. The number of rotatable bonds is 4. The van der Waals surface area contributed by atoms with Crippen LogP contribution in [0.2, 0.25) is 0 Å². The van der Waals surface area contributed by atoms with Gasteiger partial charge in [-0.05, 0) is 48.2 Å². The zero-order chi connectivity index (χ0) is 17.2. The zero-order valence-electron chi connectivity index (χ0n) is 14.4. The molecule has 0 amide bonds. The SMILES string of the molecule is Cc1cc2nc(SC(c3ccccc3)c3ccccc3)[nH]c2cc1C. The van der Waals surface area contributed by atoms with E-state index < -0.39 is 0 Å². The van der Waals surface area contributed by atoms with E-state index in [4.69, 9.17) is 4.98 Å². The quantitative estimate of drug-likeness (QED) is 0.456. The van der Waals surface area contributed by atoms with Crippen molar-refractivity contribution >= 4 is 22.8 Å². The van der Waals surface area contributed by atoms with Crippen LogP contribution in [-0.4, -0.2) is 9.97 Å². The predicted octanol–water partition coefficient (Wildman–Crippen LogP) is 6.06. The Morgan fingerprint density at radius 2 is 1.36 bits per heavy atom. The summed E-state index contributed by atoms with van der Waals surface area (Å²) in [5.41, 5.74) is 7.27. The highest BCUT2D eigenvalue weighted by Gasteiger charge is 2.17. The van der Waals surface area contributed by atoms with Crippen LogP contribution < -0.4 is 0 Å². The molecule has 0 aliphatic carbocycles. The van der Waals surface area contributed by atoms with Gasteiger partial charge in [0.15, 0.2) is 5.16 Å². The van der Waals surface area contributed by atoms with Crippen LogP contribution in [0, 0.1) is 13.8 Å². The van der Waals surface area contributed by atoms with Crippen molar-refractivity contribution in [1.82, 2.24) is 9.97 Å². The fourth-order valence-electron chi connectivity index (χ4n) is 3.00. The summed E-state index contributed by atoms with van der Waals surface area (Å²) in [6.45, 7) is 4.27. The molecule has 3 heteroatoms. The first kappa shape index (κ1) is 16.0. The molecule has 1 N–H and O–H groups in total. The number of nitrogens with zero attached hydrogens (tertiary/aromatic N) is 1. The van der Waals surface area contributed by atoms with Crippen LogP contribution in [0.15, 0.2) is 78.0 Å². The van der Waals surface area contributed by atoms with Crippen molar-refractivity contribution in [2.75, 3.05) is 0 Å². The minimum absolute atomic E-state index is 0.213. The number of hydrogen-bond acceptors (Lipinski definition) is 2. The Bertz CT molecular complexity index is 912. The topological polar surface area (TPSA) is 28.7 Å². The number of imidazole rings is 1. The maximum absolute atomic E-state index is 4.81. The lowest BCUT2D eigenvalue weighted by Gasteiger charge is -2.16. The molecule has 0 aliphatic rings. The fraction of sp³-hybridized carbons (Fsp3) is 0.136. The second-order valence-electron chi connectivity index (χ2n) is 6.31. The third kappa shape index (κ3) is 3.33. The molecule has 124 valence electrons. The molecule has 0 radical (unpaired) electrons. The van der Waals surface area contributed by atoms with Gasteiger partial charge in [0.2, 0.25) is 0 Å². The molecule has 4 aromatic rings. The number of aromatic nitrogens is 2. The lowest BCUT2D eigenvalue weighted by atomic mass is 10.0. The van der Waals surface area contributed by atoms with Gasteiger partial charge in [0.25, 0.3) is 0 Å². The van der Waals surface area contributed by atoms with Gasteiger partial charge in [-0.1, -0.05) is 72.4 Å². The molecule has 4 rings (SSSR count). The molecule has 0 bridgehead atoms. The monoisotopic (exact) mass is 344 g/mol. The molecule has 0 saturated heterocycles. The fourth-order valence-corrected chi connectivity index (χ4v) is 4.13. The van der Waals surface area contributed by atoms with Gasteiger partial charge in [0, 0.05) is 0 Å². The van der Waals surface area contributed by atoms with E-state index in [2.05, 4.69) is 91.6 Å². The van der Waals surface area contributed by atoms with Crippen LogP contribution in [0.25, 0.3) is 11.0 Å². The molecule has 3 aromatic carbocycles. The summed E-state index contributed by atoms with van der Waals surface area (Å²) in [5.74, 6) is 0. The average molecular weight is 344 g/mol. The Balaban J connectivity index is 1.74. The van der Waals surface area contributed by atoms with E-state index in [0.29, 0.717) is 0 Å². The van der Waals surface area contributed by atoms with Gasteiger partial charge < -0.3 is 4.98 Å². The molecular formula is C22H20N2S. The van der Waals surface area contributed by atoms with E-state index in [-0.39, 0.29) is 5.25 Å². The number of H-pyrrole nitrogens is 1. The highest BCUT2D eigenvalue weighted by Crippen LogP contribution is 2.39. The van der Waals surface area contributed by atoms with Crippen LogP contribution in [0.3, 0.4) is 0 Å². The van der Waals surface area contributed by atoms with E-state index in [9.17, 15) is 0 Å². The molecule has 0 saturated carbocycles. The number of nitrogens with one attached hydrogen (secondary N) is 1. The summed E-state index contributed by atoms with van der Waals surface area (Å²) >= 11 is 1.77. The van der Waals surface area contributed by atoms with Gasteiger partial charge in [-0.3, -0.25) is 0 Å². The second-order valence-corrected chi connectivity index (χ2v) is 7.41. The van der Waals surface area contributed by atoms with Crippen LogP contribution >= 0.6 is 11.8 Å². The first-order valence-corrected chi connectivity index (χ1v) is 9.32. The zero-order valence-corrected chi connectivity index (χ0v) is 15.2. The summed E-state index contributed by atoms with van der Waals surface area (Å²) in [6, 6.07) is 25.6. The Kier molecular flexibility index (Phi) is 4.33. The normalized spacial score (nSPS) is 11.3. The lowest BCUT2D eigenvalue weighted by Crippen LogP contribution is -1.97. The Hall–Kier alpha value is -2.52. The minimum atomic E-state index is 0.213. The van der Waals surface area contributed by atoms with Crippen LogP contribution in [0.4, 0.5) is 0 Å². The van der Waals surface area contributed by atoms with Crippen LogP contribution in [0.5, 0.6) is 0 Å². The summed E-state index contributed by atoms with van der Waals surface area (Å²) < 4.78 is 0. The molecule has 25 heavy (non-hydrogen) atoms. The first-order chi connectivity index (χ1) is 12.2. The van der Waals surface area contributed by atoms with Crippen molar-refractivity contribution in [3.8, 4) is 0 Å². The minimum Gasteiger partial charge on any atom is -0.333 e. The smallest absolute Gasteiger partial charge is 0.167 e. The van der Waals surface area contributed by atoms with Gasteiger partial charge in [-0.25, -0.2) is 4.98 Å². The largest absolute Gasteiger partial charge is 0.333 e. The number of fused-ring (bicyclic) bond motifs is 1. The van der Waals surface area contributed by atoms with Gasteiger partial charge >= 0.3 is 0 Å². The van der Waals surface area contributed by atoms with Crippen molar-refractivity contribution in [3.05, 3.63) is 95.1 Å². The lowest BCUT2D eigenvalue weighted by molar-refractivity contribution is 1.05. The number of aromatic amines is 1. The molecule has 0 fully saturated rings. The van der Waals surface area contributed by atoms with E-state index in [1.54, 1.807) is 11.8 Å². The third-order valence-corrected chi connectivity index (χ3v) is 5.71. The number of aryl methyl sites for hydroxylation is 2. The van der Waals surface area contributed by atoms with Crippen LogP contribution in [-0.2, 0) is 0 Å². The highest BCUT2D eigenvalue weighted by atomic mass is 32.2. The van der Waals surface area contributed by atoms with Crippen LogP contribution in [0.1, 0.15) is 27.5 Å². The summed E-state index contributed by atoms with van der Waals surface area (Å²) in [7, 11) is 0. The Labute approximate surface area is 152 Å². The number of thioether (sulfide) groups is 1. The second kappa shape index (κ2) is 6.77. The molecule has 0 unspecified atom stereocenters. The van der Waals surface area contributed by atoms with Crippen molar-refractivity contribution in [1.29, 1.82) is 0 Å². The van der Waals surface area contributed by atoms with Crippen molar-refractivity contribution in [2.24, 2.45) is 0 Å². The summed E-state index contributed by atoms with van der Waals surface area (Å²) in [6.07, 6.45) is 0. The number of benzene rings is 3. The predicted molar refractivity (Wildman–Crippen MR) is 106 cm³/mol. The molecule has 0 atom stereocenters. The summed E-state index contributed by atoms with van der Waals surface area (Å²) in [5, 5.41) is 1.17. The summed E-state index contributed by atoms with van der Waals surface area (Å²) in [4.78, 5) is 8.30. The van der Waals surface area contributed by atoms with Gasteiger partial charge in [-0.15, -0.1) is 0 Å². The van der Waals surface area contributed by atoms with Crippen molar-refractivity contribution < 1.29 is 0 Å². The highest BCUT2D eigenvalue weighted by molar-refractivity contribution is 7.99. The van der Waals surface area contributed by atoms with E-state index in [0.717, 1.165) is 16.2 Å². The molecule has 0 spiro atoms. The maximum Gasteiger partial charge on any atom is 0.167 e. The molecular weight excluding hydrogens is 324 g/mol. The van der Waals surface area contributed by atoms with E-state index in [1.165, 1.54) is 22.3 Å². The van der Waals surface area contributed by atoms with E-state index in [1.807, 2.05) is 0 Å². The standard InChI is InChI=1S/C22H20N2S/c1-15-13-19-20(14-16(15)2)24-22(23-19)25-21(17-9-5-3-6-10-17)18-11-7-4-8-12-18/h3-14,21H,1-2H3,(H,23,24). The van der Waals surface area contributed by atoms with Crippen molar-refractivity contribution in [3.63, 3.8) is 0 Å². The van der Waals surface area contributed by atoms with E-state index >= 15 is 0 Å². The Morgan fingerprint density at radius 1 is 0.800 bits per heavy atom. The number of hydrogen-bond donors (Lipinski definition) is 1. The molecule has 1 aromatic heterocycles. The third-order valence-electron chi connectivity index (χ3n) is 4.51.